The predicted octanol–water partition coefficient (Wildman–Crippen LogP) is 3.64. The molecule has 0 aromatic heterocycles. The van der Waals surface area contributed by atoms with Crippen molar-refractivity contribution in [2.45, 2.75) is 65.8 Å². The first kappa shape index (κ1) is 14.7. The molecule has 0 radical (unpaired) electrons. The zero-order valence-corrected chi connectivity index (χ0v) is 12.1. The summed E-state index contributed by atoms with van der Waals surface area (Å²) >= 11 is 0. The Hall–Kier alpha value is -0.340. The Kier molecular flexibility index (Phi) is 4.79. The van der Waals surface area contributed by atoms with Gasteiger partial charge in [-0.05, 0) is 36.0 Å². The standard InChI is InChI=1S/C15H30N2/c1-6-7-8-9-10-11-12(17-16)13-14(2,3)15(13,4)5/h6,12-13,17H,1,7-11,16H2,2-5H3. The molecule has 17 heavy (non-hydrogen) atoms. The number of allylic oxidation sites excluding steroid dienone is 1. The smallest absolute Gasteiger partial charge is 0.0249 e. The van der Waals surface area contributed by atoms with E-state index in [1.165, 1.54) is 25.7 Å². The fourth-order valence-corrected chi connectivity index (χ4v) is 3.43. The molecule has 0 aliphatic heterocycles. The lowest BCUT2D eigenvalue weighted by atomic mass is 9.98. The zero-order valence-electron chi connectivity index (χ0n) is 12.1. The van der Waals surface area contributed by atoms with Gasteiger partial charge in [0.2, 0.25) is 0 Å². The van der Waals surface area contributed by atoms with Crippen LogP contribution in [0.2, 0.25) is 0 Å². The van der Waals surface area contributed by atoms with Crippen LogP contribution in [0.25, 0.3) is 0 Å². The maximum Gasteiger partial charge on any atom is 0.0249 e. The third kappa shape index (κ3) is 2.92. The van der Waals surface area contributed by atoms with Crippen molar-refractivity contribution in [2.75, 3.05) is 0 Å². The van der Waals surface area contributed by atoms with Gasteiger partial charge in [0, 0.05) is 6.04 Å². The monoisotopic (exact) mass is 238 g/mol. The number of unbranched alkanes of at least 4 members (excludes halogenated alkanes) is 3. The van der Waals surface area contributed by atoms with Crippen LogP contribution < -0.4 is 11.3 Å². The van der Waals surface area contributed by atoms with Crippen LogP contribution >= 0.6 is 0 Å². The van der Waals surface area contributed by atoms with E-state index in [2.05, 4.69) is 39.7 Å². The highest BCUT2D eigenvalue weighted by molar-refractivity contribution is 5.15. The molecule has 1 rings (SSSR count). The number of hydrazine groups is 1. The fourth-order valence-electron chi connectivity index (χ4n) is 3.43. The molecule has 1 unspecified atom stereocenters. The molecule has 0 amide bonds. The second-order valence-electron chi connectivity index (χ2n) is 6.62. The van der Waals surface area contributed by atoms with Crippen molar-refractivity contribution in [3.8, 4) is 0 Å². The van der Waals surface area contributed by atoms with Crippen LogP contribution in [0, 0.1) is 16.7 Å². The Bertz CT molecular complexity index is 242. The van der Waals surface area contributed by atoms with Gasteiger partial charge in [-0.3, -0.25) is 11.3 Å². The van der Waals surface area contributed by atoms with Gasteiger partial charge >= 0.3 is 0 Å². The Morgan fingerprint density at radius 1 is 1.18 bits per heavy atom. The number of hydrogen-bond donors (Lipinski definition) is 2. The molecular formula is C15H30N2. The van der Waals surface area contributed by atoms with Crippen molar-refractivity contribution in [2.24, 2.45) is 22.6 Å². The summed E-state index contributed by atoms with van der Waals surface area (Å²) in [6, 6.07) is 0.476. The lowest BCUT2D eigenvalue weighted by Crippen LogP contribution is -2.38. The van der Waals surface area contributed by atoms with E-state index in [0.29, 0.717) is 22.8 Å². The lowest BCUT2D eigenvalue weighted by molar-refractivity contribution is 0.370. The van der Waals surface area contributed by atoms with Crippen LogP contribution in [0.1, 0.15) is 59.8 Å². The molecule has 0 aromatic carbocycles. The van der Waals surface area contributed by atoms with Crippen LogP contribution in [0.4, 0.5) is 0 Å². The van der Waals surface area contributed by atoms with Crippen LogP contribution in [0.5, 0.6) is 0 Å². The molecule has 0 spiro atoms. The van der Waals surface area contributed by atoms with E-state index >= 15 is 0 Å². The normalized spacial score (nSPS) is 23.4. The van der Waals surface area contributed by atoms with E-state index in [9.17, 15) is 0 Å². The van der Waals surface area contributed by atoms with Crippen molar-refractivity contribution in [1.82, 2.24) is 5.43 Å². The number of nitrogens with one attached hydrogen (secondary N) is 1. The summed E-state index contributed by atoms with van der Waals surface area (Å²) in [5.74, 6) is 6.44. The van der Waals surface area contributed by atoms with Crippen LogP contribution in [-0.2, 0) is 0 Å². The SMILES string of the molecule is C=CCCCCCC(NN)C1C(C)(C)C1(C)C. The van der Waals surface area contributed by atoms with Crippen LogP contribution in [-0.4, -0.2) is 6.04 Å². The van der Waals surface area contributed by atoms with Gasteiger partial charge in [-0.25, -0.2) is 0 Å². The summed E-state index contributed by atoms with van der Waals surface area (Å²) in [5.41, 5.74) is 3.89. The molecule has 2 nitrogen and oxygen atoms in total. The molecule has 1 aliphatic carbocycles. The summed E-state index contributed by atoms with van der Waals surface area (Å²) < 4.78 is 0. The minimum Gasteiger partial charge on any atom is -0.271 e. The number of rotatable bonds is 8. The molecule has 0 heterocycles. The summed E-state index contributed by atoms with van der Waals surface area (Å²) in [7, 11) is 0. The van der Waals surface area contributed by atoms with Gasteiger partial charge in [-0.2, -0.15) is 0 Å². The van der Waals surface area contributed by atoms with E-state index < -0.39 is 0 Å². The highest BCUT2D eigenvalue weighted by Crippen LogP contribution is 2.69. The van der Waals surface area contributed by atoms with E-state index in [1.807, 2.05) is 6.08 Å². The van der Waals surface area contributed by atoms with Gasteiger partial charge in [-0.15, -0.1) is 6.58 Å². The minimum atomic E-state index is 0.422. The third-order valence-electron chi connectivity index (χ3n) is 5.17. The Balaban J connectivity index is 2.33. The van der Waals surface area contributed by atoms with E-state index in [-0.39, 0.29) is 0 Å². The van der Waals surface area contributed by atoms with Crippen molar-refractivity contribution in [3.63, 3.8) is 0 Å². The van der Waals surface area contributed by atoms with E-state index in [4.69, 9.17) is 5.84 Å². The molecular weight excluding hydrogens is 208 g/mol. The molecule has 1 fully saturated rings. The second kappa shape index (κ2) is 5.53. The molecule has 2 heteroatoms. The van der Waals surface area contributed by atoms with Gasteiger partial charge in [0.05, 0.1) is 0 Å². The molecule has 1 saturated carbocycles. The summed E-state index contributed by atoms with van der Waals surface area (Å²) in [5, 5.41) is 0. The summed E-state index contributed by atoms with van der Waals surface area (Å²) in [4.78, 5) is 0. The highest BCUT2D eigenvalue weighted by Gasteiger charge is 2.66. The zero-order chi connectivity index (χ0) is 13.1. The van der Waals surface area contributed by atoms with E-state index in [1.54, 1.807) is 0 Å². The predicted molar refractivity (Wildman–Crippen MR) is 75.4 cm³/mol. The second-order valence-corrected chi connectivity index (χ2v) is 6.62. The van der Waals surface area contributed by atoms with Gasteiger partial charge in [0.1, 0.15) is 0 Å². The van der Waals surface area contributed by atoms with Crippen molar-refractivity contribution in [3.05, 3.63) is 12.7 Å². The maximum atomic E-state index is 5.73. The molecule has 1 aliphatic rings. The molecule has 1 atom stereocenters. The van der Waals surface area contributed by atoms with Gasteiger partial charge in [-0.1, -0.05) is 46.6 Å². The first-order chi connectivity index (χ1) is 7.89. The highest BCUT2D eigenvalue weighted by atomic mass is 15.2. The largest absolute Gasteiger partial charge is 0.271 e. The Morgan fingerprint density at radius 2 is 1.76 bits per heavy atom. The number of nitrogens with two attached hydrogens (primary N) is 1. The van der Waals surface area contributed by atoms with Crippen LogP contribution in [0.15, 0.2) is 12.7 Å². The van der Waals surface area contributed by atoms with Crippen molar-refractivity contribution < 1.29 is 0 Å². The molecule has 3 N–H and O–H groups in total. The van der Waals surface area contributed by atoms with Crippen molar-refractivity contribution >= 4 is 0 Å². The maximum absolute atomic E-state index is 5.73. The quantitative estimate of drug-likeness (QED) is 0.293. The van der Waals surface area contributed by atoms with Crippen LogP contribution in [0.3, 0.4) is 0 Å². The first-order valence-electron chi connectivity index (χ1n) is 6.96. The van der Waals surface area contributed by atoms with Gasteiger partial charge in [0.15, 0.2) is 0 Å². The molecule has 0 aromatic rings. The molecule has 0 bridgehead atoms. The Labute approximate surface area is 107 Å². The average molecular weight is 238 g/mol. The topological polar surface area (TPSA) is 38.0 Å². The fraction of sp³-hybridized carbons (Fsp3) is 0.867. The lowest BCUT2D eigenvalue weighted by Gasteiger charge is -2.18. The Morgan fingerprint density at radius 3 is 2.18 bits per heavy atom. The van der Waals surface area contributed by atoms with Gasteiger partial charge < -0.3 is 0 Å². The summed E-state index contributed by atoms with van der Waals surface area (Å²) in [6.45, 7) is 13.2. The van der Waals surface area contributed by atoms with Crippen molar-refractivity contribution in [1.29, 1.82) is 0 Å². The molecule has 100 valence electrons. The van der Waals surface area contributed by atoms with E-state index in [0.717, 1.165) is 6.42 Å². The minimum absolute atomic E-state index is 0.422. The molecule has 0 saturated heterocycles. The number of hydrogen-bond acceptors (Lipinski definition) is 2. The third-order valence-corrected chi connectivity index (χ3v) is 5.17. The van der Waals surface area contributed by atoms with Gasteiger partial charge in [0.25, 0.3) is 0 Å². The summed E-state index contributed by atoms with van der Waals surface area (Å²) in [6.07, 6.45) is 8.17. The first-order valence-corrected chi connectivity index (χ1v) is 6.96. The average Bonchev–Trinajstić information content (AvgIpc) is 2.65.